The fourth-order valence-electron chi connectivity index (χ4n) is 6.37. The van der Waals surface area contributed by atoms with Gasteiger partial charge in [-0.25, -0.2) is 9.37 Å². The second-order valence-corrected chi connectivity index (χ2v) is 12.0. The van der Waals surface area contributed by atoms with E-state index in [1.54, 1.807) is 4.90 Å². The Morgan fingerprint density at radius 1 is 1.21 bits per heavy atom. The van der Waals surface area contributed by atoms with Gasteiger partial charge in [-0.15, -0.1) is 10.2 Å². The van der Waals surface area contributed by atoms with Gasteiger partial charge >= 0.3 is 0 Å². The molecule has 3 heterocycles. The Bertz CT molecular complexity index is 1240. The van der Waals surface area contributed by atoms with Gasteiger partial charge in [0.1, 0.15) is 12.1 Å². The van der Waals surface area contributed by atoms with Crippen LogP contribution in [0.4, 0.5) is 10.2 Å². The molecule has 0 bridgehead atoms. The Morgan fingerprint density at radius 2 is 1.98 bits per heavy atom. The van der Waals surface area contributed by atoms with E-state index in [-0.39, 0.29) is 40.9 Å². The van der Waals surface area contributed by atoms with E-state index in [0.29, 0.717) is 24.3 Å². The highest BCUT2D eigenvalue weighted by molar-refractivity contribution is 5.98. The first-order chi connectivity index (χ1) is 20.1. The van der Waals surface area contributed by atoms with Gasteiger partial charge in [-0.2, -0.15) is 0 Å². The zero-order valence-corrected chi connectivity index (χ0v) is 25.4. The predicted molar refractivity (Wildman–Crippen MR) is 157 cm³/mol. The molecule has 12 heteroatoms. The van der Waals surface area contributed by atoms with E-state index in [1.165, 1.54) is 6.33 Å². The van der Waals surface area contributed by atoms with Gasteiger partial charge in [0.2, 0.25) is 0 Å². The molecule has 2 aliphatic rings. The number of aromatic nitrogens is 3. The van der Waals surface area contributed by atoms with E-state index >= 15 is 0 Å². The SMILES string of the molecule is CCN(C(=O)c1cc(F)cc(OC=O)c1Oc1nncnc1N1CCC2(C1)CN(C(CCCCN)C(C)C)C2)C(C)C. The number of benzene rings is 1. The van der Waals surface area contributed by atoms with Crippen molar-refractivity contribution in [1.29, 1.82) is 0 Å². The van der Waals surface area contributed by atoms with Gasteiger partial charge in [0.25, 0.3) is 18.3 Å². The van der Waals surface area contributed by atoms with Crippen LogP contribution >= 0.6 is 0 Å². The number of carbonyl (C=O) groups is 2. The van der Waals surface area contributed by atoms with Crippen LogP contribution in [0.1, 0.15) is 70.7 Å². The van der Waals surface area contributed by atoms with Crippen molar-refractivity contribution in [2.24, 2.45) is 17.1 Å². The Labute approximate surface area is 247 Å². The highest BCUT2D eigenvalue weighted by Crippen LogP contribution is 2.45. The van der Waals surface area contributed by atoms with E-state index in [0.717, 1.165) is 70.5 Å². The van der Waals surface area contributed by atoms with Crippen molar-refractivity contribution in [3.8, 4) is 17.4 Å². The smallest absolute Gasteiger partial charge is 0.298 e. The number of carbonyl (C=O) groups excluding carboxylic acids is 2. The lowest BCUT2D eigenvalue weighted by Gasteiger charge is -2.53. The fourth-order valence-corrected chi connectivity index (χ4v) is 6.37. The van der Waals surface area contributed by atoms with Gasteiger partial charge < -0.3 is 25.0 Å². The molecule has 1 spiro atoms. The first kappa shape index (κ1) is 31.6. The lowest BCUT2D eigenvalue weighted by Crippen LogP contribution is -2.61. The number of amides is 1. The number of likely N-dealkylation sites (tertiary alicyclic amines) is 1. The molecule has 230 valence electrons. The topological polar surface area (TPSA) is 127 Å². The van der Waals surface area contributed by atoms with Crippen LogP contribution in [0, 0.1) is 17.2 Å². The van der Waals surface area contributed by atoms with Crippen LogP contribution < -0.4 is 20.1 Å². The highest BCUT2D eigenvalue weighted by Gasteiger charge is 2.50. The Kier molecular flexibility index (Phi) is 10.3. The molecule has 2 aliphatic heterocycles. The molecule has 1 unspecified atom stereocenters. The molecule has 1 atom stereocenters. The fraction of sp³-hybridized carbons (Fsp3) is 0.633. The predicted octanol–water partition coefficient (Wildman–Crippen LogP) is 3.87. The molecule has 11 nitrogen and oxygen atoms in total. The summed E-state index contributed by atoms with van der Waals surface area (Å²) in [6.45, 7) is 15.0. The summed E-state index contributed by atoms with van der Waals surface area (Å²) in [6.07, 6.45) is 5.69. The van der Waals surface area contributed by atoms with Crippen molar-refractivity contribution in [1.82, 2.24) is 25.0 Å². The van der Waals surface area contributed by atoms with Crippen LogP contribution in [0.25, 0.3) is 0 Å². The lowest BCUT2D eigenvalue weighted by atomic mass is 9.76. The summed E-state index contributed by atoms with van der Waals surface area (Å²) in [5.74, 6) is -0.450. The average Bonchev–Trinajstić information content (AvgIpc) is 3.38. The minimum Gasteiger partial charge on any atom is -0.430 e. The molecule has 1 amide bonds. The quantitative estimate of drug-likeness (QED) is 0.258. The zero-order valence-electron chi connectivity index (χ0n) is 25.4. The van der Waals surface area contributed by atoms with Gasteiger partial charge in [-0.05, 0) is 58.6 Å². The largest absolute Gasteiger partial charge is 0.430 e. The monoisotopic (exact) mass is 585 g/mol. The molecule has 0 aliphatic carbocycles. The number of rotatable bonds is 14. The maximum atomic E-state index is 14.6. The number of halogens is 1. The van der Waals surface area contributed by atoms with Gasteiger partial charge in [-0.1, -0.05) is 20.3 Å². The summed E-state index contributed by atoms with van der Waals surface area (Å²) < 4.78 is 25.8. The zero-order chi connectivity index (χ0) is 30.4. The molecular formula is C30H44FN7O4. The van der Waals surface area contributed by atoms with Gasteiger partial charge in [-0.3, -0.25) is 14.5 Å². The number of unbranched alkanes of at least 4 members (excludes halogenated alkanes) is 1. The molecule has 2 N–H and O–H groups in total. The first-order valence-electron chi connectivity index (χ1n) is 14.9. The molecule has 2 aromatic rings. The van der Waals surface area contributed by atoms with Crippen molar-refractivity contribution in [3.05, 3.63) is 29.8 Å². The molecule has 2 fully saturated rings. The van der Waals surface area contributed by atoms with Crippen molar-refractivity contribution in [2.75, 3.05) is 44.2 Å². The summed E-state index contributed by atoms with van der Waals surface area (Å²) in [5.41, 5.74) is 5.78. The molecule has 1 aromatic carbocycles. The molecule has 0 radical (unpaired) electrons. The maximum Gasteiger partial charge on any atom is 0.298 e. The molecule has 1 aromatic heterocycles. The third kappa shape index (κ3) is 6.81. The Morgan fingerprint density at radius 3 is 2.62 bits per heavy atom. The number of anilines is 1. The van der Waals surface area contributed by atoms with Crippen LogP contribution in [0.3, 0.4) is 0 Å². The molecular weight excluding hydrogens is 541 g/mol. The van der Waals surface area contributed by atoms with E-state index in [4.69, 9.17) is 15.2 Å². The summed E-state index contributed by atoms with van der Waals surface area (Å²) >= 11 is 0. The van der Waals surface area contributed by atoms with Gasteiger partial charge in [0, 0.05) is 56.3 Å². The van der Waals surface area contributed by atoms with Crippen molar-refractivity contribution >= 4 is 18.2 Å². The number of hydrogen-bond acceptors (Lipinski definition) is 10. The van der Waals surface area contributed by atoms with Crippen LogP contribution in [0.5, 0.6) is 17.4 Å². The third-order valence-electron chi connectivity index (χ3n) is 8.43. The van der Waals surface area contributed by atoms with E-state index in [2.05, 4.69) is 38.8 Å². The minimum absolute atomic E-state index is 0.0524. The average molecular weight is 586 g/mol. The molecule has 0 saturated carbocycles. The van der Waals surface area contributed by atoms with Gasteiger partial charge in [0.15, 0.2) is 17.3 Å². The standard InChI is InChI=1S/C30H44FN7O4/c1-6-38(21(4)5)29(40)23-13-22(31)14-25(41-19-39)26(23)42-28-27(33-18-34-35-28)36-12-10-30(15-36)16-37(17-30)24(20(2)3)9-7-8-11-32/h13-14,18-21,24H,6-12,15-17,32H2,1-5H3. The molecule has 42 heavy (non-hydrogen) atoms. The Balaban J connectivity index is 1.57. The van der Waals surface area contributed by atoms with Crippen molar-refractivity contribution in [3.63, 3.8) is 0 Å². The van der Waals surface area contributed by atoms with Crippen molar-refractivity contribution in [2.45, 2.75) is 72.4 Å². The number of hydrogen-bond donors (Lipinski definition) is 1. The van der Waals surface area contributed by atoms with Crippen LogP contribution in [0.2, 0.25) is 0 Å². The number of nitrogens with zero attached hydrogens (tertiary/aromatic N) is 6. The molecule has 2 saturated heterocycles. The van der Waals surface area contributed by atoms with E-state index in [1.807, 2.05) is 20.8 Å². The van der Waals surface area contributed by atoms with Crippen LogP contribution in [0.15, 0.2) is 18.5 Å². The van der Waals surface area contributed by atoms with Gasteiger partial charge in [0.05, 0.1) is 5.56 Å². The van der Waals surface area contributed by atoms with Crippen molar-refractivity contribution < 1.29 is 23.5 Å². The summed E-state index contributed by atoms with van der Waals surface area (Å²) in [5, 5.41) is 8.09. The highest BCUT2D eigenvalue weighted by atomic mass is 19.1. The molecule has 4 rings (SSSR count). The second kappa shape index (κ2) is 13.7. The van der Waals surface area contributed by atoms with E-state index in [9.17, 15) is 14.0 Å². The Hall–Kier alpha value is -3.38. The van der Waals surface area contributed by atoms with E-state index < -0.39 is 11.7 Å². The minimum atomic E-state index is -0.737. The summed E-state index contributed by atoms with van der Waals surface area (Å²) in [6, 6.07) is 2.47. The third-order valence-corrected chi connectivity index (χ3v) is 8.43. The van der Waals surface area contributed by atoms with Crippen LogP contribution in [-0.4, -0.2) is 88.7 Å². The number of nitrogens with two attached hydrogens (primary N) is 1. The second-order valence-electron chi connectivity index (χ2n) is 12.0. The normalized spacial score (nSPS) is 17.0. The van der Waals surface area contributed by atoms with Crippen LogP contribution in [-0.2, 0) is 4.79 Å². The maximum absolute atomic E-state index is 14.6. The first-order valence-corrected chi connectivity index (χ1v) is 14.9. The lowest BCUT2D eigenvalue weighted by molar-refractivity contribution is -0.120. The summed E-state index contributed by atoms with van der Waals surface area (Å²) in [7, 11) is 0. The summed E-state index contributed by atoms with van der Waals surface area (Å²) in [4.78, 5) is 35.5. The number of ether oxygens (including phenoxy) is 2.